The van der Waals surface area contributed by atoms with Gasteiger partial charge in [0.2, 0.25) is 5.78 Å². The van der Waals surface area contributed by atoms with E-state index in [9.17, 15) is 14.4 Å². The summed E-state index contributed by atoms with van der Waals surface area (Å²) in [7, 11) is 0. The average Bonchev–Trinajstić information content (AvgIpc) is 3.79. The molecule has 0 aliphatic rings. The summed E-state index contributed by atoms with van der Waals surface area (Å²) in [5, 5.41) is 9.96. The van der Waals surface area contributed by atoms with Gasteiger partial charge in [0.05, 0.1) is 34.2 Å². The molecule has 43 heavy (non-hydrogen) atoms. The van der Waals surface area contributed by atoms with Crippen LogP contribution < -0.4 is 16.6 Å². The summed E-state index contributed by atoms with van der Waals surface area (Å²) in [5.41, 5.74) is 7.96. The first-order chi connectivity index (χ1) is 20.9. The van der Waals surface area contributed by atoms with E-state index in [0.29, 0.717) is 44.2 Å². The summed E-state index contributed by atoms with van der Waals surface area (Å²) in [6.45, 7) is 0.201. The molecule has 6 rings (SSSR count). The van der Waals surface area contributed by atoms with Gasteiger partial charge in [-0.05, 0) is 36.4 Å². The van der Waals surface area contributed by atoms with E-state index in [1.165, 1.54) is 31.9 Å². The van der Waals surface area contributed by atoms with E-state index >= 15 is 0 Å². The monoisotopic (exact) mass is 627 g/mol. The van der Waals surface area contributed by atoms with Gasteiger partial charge >= 0.3 is 0 Å². The Morgan fingerprint density at radius 2 is 1.91 bits per heavy atom. The van der Waals surface area contributed by atoms with Crippen molar-refractivity contribution in [1.82, 2.24) is 24.3 Å². The molecular weight excluding hydrogens is 606 g/mol. The van der Waals surface area contributed by atoms with Gasteiger partial charge < -0.3 is 15.6 Å². The lowest BCUT2D eigenvalue weighted by Gasteiger charge is -2.11. The van der Waals surface area contributed by atoms with Crippen molar-refractivity contribution in [3.63, 3.8) is 0 Å². The number of hydrogen-bond donors (Lipinski definition) is 2. The predicted molar refractivity (Wildman–Crippen MR) is 169 cm³/mol. The van der Waals surface area contributed by atoms with Crippen molar-refractivity contribution in [2.24, 2.45) is 0 Å². The highest BCUT2D eigenvalue weighted by Gasteiger charge is 2.23. The fourth-order valence-electron chi connectivity index (χ4n) is 4.51. The van der Waals surface area contributed by atoms with Crippen molar-refractivity contribution in [2.45, 2.75) is 13.1 Å². The van der Waals surface area contributed by atoms with Crippen LogP contribution in [0.15, 0.2) is 95.6 Å². The Kier molecular flexibility index (Phi) is 7.97. The Labute approximate surface area is 258 Å². The average molecular weight is 628 g/mol. The normalized spacial score (nSPS) is 11.0. The number of nitrogens with two attached hydrogens (primary N) is 1. The van der Waals surface area contributed by atoms with E-state index in [-0.39, 0.29) is 23.5 Å². The van der Waals surface area contributed by atoms with Crippen LogP contribution in [-0.2, 0) is 13.1 Å². The van der Waals surface area contributed by atoms with E-state index in [4.69, 9.17) is 17.3 Å². The molecule has 0 atom stereocenters. The SMILES string of the molecule is Nc1ccccc1C(=O)n1nc(-c2ccn(CC(=O)c3nccs3)c(=O)c2-c2cccnc2)cc1NCc1ccc(Cl)s1. The number of benzene rings is 1. The lowest BCUT2D eigenvalue weighted by molar-refractivity contribution is 0.0946. The topological polar surface area (TPSA) is 138 Å². The number of nitrogen functional groups attached to an aromatic ring is 1. The van der Waals surface area contributed by atoms with Crippen LogP contribution in [0.2, 0.25) is 4.34 Å². The van der Waals surface area contributed by atoms with E-state index in [2.05, 4.69) is 20.4 Å². The molecule has 0 aliphatic heterocycles. The molecule has 0 saturated carbocycles. The standard InChI is InChI=1S/C30H22ClN7O3S2/c31-25-8-7-19(43-25)16-35-26-14-23(36-38(26)29(40)20-5-1-2-6-22(20)32)21-9-12-37(17-24(39)28-34-11-13-42-28)30(41)27(21)18-4-3-10-33-15-18/h1-15,35H,16-17,32H2. The van der Waals surface area contributed by atoms with Crippen LogP contribution in [0.5, 0.6) is 0 Å². The number of carbonyl (C=O) groups excluding carboxylic acids is 2. The highest BCUT2D eigenvalue weighted by Crippen LogP contribution is 2.31. The van der Waals surface area contributed by atoms with Crippen LogP contribution in [0.4, 0.5) is 11.5 Å². The Balaban J connectivity index is 1.46. The highest BCUT2D eigenvalue weighted by molar-refractivity contribution is 7.16. The molecule has 10 nitrogen and oxygen atoms in total. The molecule has 0 spiro atoms. The maximum Gasteiger partial charge on any atom is 0.282 e. The van der Waals surface area contributed by atoms with Gasteiger partial charge in [-0.15, -0.1) is 22.7 Å². The van der Waals surface area contributed by atoms with E-state index in [0.717, 1.165) is 4.88 Å². The van der Waals surface area contributed by atoms with E-state index < -0.39 is 11.5 Å². The van der Waals surface area contributed by atoms with Gasteiger partial charge in [0, 0.05) is 57.9 Å². The van der Waals surface area contributed by atoms with Gasteiger partial charge in [-0.3, -0.25) is 19.4 Å². The minimum Gasteiger partial charge on any atom is -0.398 e. The number of Topliss-reactive ketones (excluding diaryl/α,β-unsaturated/α-hetero) is 1. The number of rotatable bonds is 9. The Morgan fingerprint density at radius 3 is 2.63 bits per heavy atom. The molecule has 5 aromatic heterocycles. The van der Waals surface area contributed by atoms with Gasteiger partial charge in [-0.1, -0.05) is 29.8 Å². The zero-order valence-electron chi connectivity index (χ0n) is 22.3. The van der Waals surface area contributed by atoms with Crippen LogP contribution >= 0.6 is 34.3 Å². The molecule has 13 heteroatoms. The zero-order chi connectivity index (χ0) is 29.9. The maximum absolute atomic E-state index is 13.9. The predicted octanol–water partition coefficient (Wildman–Crippen LogP) is 5.71. The number of thiophene rings is 1. The molecule has 214 valence electrons. The van der Waals surface area contributed by atoms with Crippen molar-refractivity contribution in [1.29, 1.82) is 0 Å². The summed E-state index contributed by atoms with van der Waals surface area (Å²) in [4.78, 5) is 49.6. The molecule has 3 N–H and O–H groups in total. The van der Waals surface area contributed by atoms with Crippen LogP contribution in [0, 0.1) is 0 Å². The van der Waals surface area contributed by atoms with Crippen molar-refractivity contribution < 1.29 is 9.59 Å². The quantitative estimate of drug-likeness (QED) is 0.154. The minimum absolute atomic E-state index is 0.184. The molecule has 0 unspecified atom stereocenters. The number of carbonyl (C=O) groups is 2. The number of hydrogen-bond acceptors (Lipinski definition) is 10. The number of halogens is 1. The van der Waals surface area contributed by atoms with E-state index in [1.807, 2.05) is 6.07 Å². The molecule has 1 aromatic carbocycles. The van der Waals surface area contributed by atoms with Crippen LogP contribution in [-0.4, -0.2) is 36.0 Å². The fourth-order valence-corrected chi connectivity index (χ4v) is 6.10. The molecule has 5 heterocycles. The minimum atomic E-state index is -0.443. The lowest BCUT2D eigenvalue weighted by atomic mass is 10.0. The first-order valence-corrected chi connectivity index (χ1v) is 15.0. The molecule has 0 aliphatic carbocycles. The number of nitrogens with one attached hydrogen (secondary N) is 1. The number of anilines is 2. The van der Waals surface area contributed by atoms with Crippen molar-refractivity contribution in [3.05, 3.63) is 121 Å². The van der Waals surface area contributed by atoms with E-state index in [1.54, 1.807) is 84.8 Å². The molecule has 0 saturated heterocycles. The Hall–Kier alpha value is -4.91. The van der Waals surface area contributed by atoms with Crippen LogP contribution in [0.1, 0.15) is 25.0 Å². The number of pyridine rings is 2. The van der Waals surface area contributed by atoms with Gasteiger partial charge in [-0.2, -0.15) is 9.78 Å². The smallest absolute Gasteiger partial charge is 0.282 e. The molecule has 0 amide bonds. The van der Waals surface area contributed by atoms with Crippen LogP contribution in [0.3, 0.4) is 0 Å². The number of aromatic nitrogens is 5. The summed E-state index contributed by atoms with van der Waals surface area (Å²) in [6.07, 6.45) is 6.26. The number of para-hydroxylation sites is 1. The summed E-state index contributed by atoms with van der Waals surface area (Å²) >= 11 is 8.74. The molecule has 0 fully saturated rings. The molecule has 0 radical (unpaired) electrons. The van der Waals surface area contributed by atoms with Crippen molar-refractivity contribution in [3.8, 4) is 22.4 Å². The number of ketones is 1. The molecular formula is C30H22ClN7O3S2. The number of nitrogens with zero attached hydrogens (tertiary/aromatic N) is 5. The van der Waals surface area contributed by atoms with Gasteiger partial charge in [0.1, 0.15) is 5.82 Å². The third-order valence-electron chi connectivity index (χ3n) is 6.54. The first-order valence-electron chi connectivity index (χ1n) is 12.9. The summed E-state index contributed by atoms with van der Waals surface area (Å²) in [6, 6.07) is 17.3. The zero-order valence-corrected chi connectivity index (χ0v) is 24.7. The van der Waals surface area contributed by atoms with Gasteiger partial charge in [0.25, 0.3) is 11.5 Å². The van der Waals surface area contributed by atoms with Gasteiger partial charge in [0.15, 0.2) is 5.01 Å². The van der Waals surface area contributed by atoms with Crippen LogP contribution in [0.25, 0.3) is 22.4 Å². The fraction of sp³-hybridized carbons (Fsp3) is 0.0667. The van der Waals surface area contributed by atoms with Crippen molar-refractivity contribution >= 4 is 57.5 Å². The molecule has 0 bridgehead atoms. The summed E-state index contributed by atoms with van der Waals surface area (Å²) < 4.78 is 3.22. The number of thiazole rings is 1. The largest absolute Gasteiger partial charge is 0.398 e. The lowest BCUT2D eigenvalue weighted by Crippen LogP contribution is -2.25. The summed E-state index contributed by atoms with van der Waals surface area (Å²) in [5.74, 6) is -0.327. The highest BCUT2D eigenvalue weighted by atomic mass is 35.5. The second-order valence-corrected chi connectivity index (χ2v) is 12.0. The first kappa shape index (κ1) is 28.2. The Morgan fingerprint density at radius 1 is 1.05 bits per heavy atom. The third-order valence-corrected chi connectivity index (χ3v) is 8.59. The second-order valence-electron chi connectivity index (χ2n) is 9.32. The second kappa shape index (κ2) is 12.1. The Bertz CT molecular complexity index is 2000. The van der Waals surface area contributed by atoms with Crippen molar-refractivity contribution in [2.75, 3.05) is 11.1 Å². The van der Waals surface area contributed by atoms with Gasteiger partial charge in [-0.25, -0.2) is 4.98 Å². The molecule has 6 aromatic rings. The third kappa shape index (κ3) is 5.89. The maximum atomic E-state index is 13.9.